The number of ether oxygens (including phenoxy) is 1. The van der Waals surface area contributed by atoms with Crippen molar-refractivity contribution in [2.24, 2.45) is 0 Å². The van der Waals surface area contributed by atoms with Gasteiger partial charge in [0, 0.05) is 31.0 Å². The fraction of sp³-hybridized carbons (Fsp3) is 0.435. The molecule has 0 N–H and O–H groups in total. The van der Waals surface area contributed by atoms with Crippen molar-refractivity contribution >= 4 is 32.8 Å². The smallest absolute Gasteiger partial charge is 0.243 e. The molecule has 0 unspecified atom stereocenters. The van der Waals surface area contributed by atoms with Gasteiger partial charge >= 0.3 is 0 Å². The zero-order chi connectivity index (χ0) is 25.6. The Hall–Kier alpha value is -2.22. The molecule has 2 aromatic carbocycles. The van der Waals surface area contributed by atoms with E-state index in [1.807, 2.05) is 0 Å². The number of thioether (sulfide) groups is 1. The van der Waals surface area contributed by atoms with Gasteiger partial charge in [-0.05, 0) is 43.9 Å². The lowest BCUT2D eigenvalue weighted by molar-refractivity contribution is 0.0960. The van der Waals surface area contributed by atoms with E-state index in [1.54, 1.807) is 10.6 Å². The molecule has 0 saturated carbocycles. The van der Waals surface area contributed by atoms with Crippen molar-refractivity contribution in [2.75, 3.05) is 19.7 Å². The second-order valence-electron chi connectivity index (χ2n) is 8.74. The number of sulfonamides is 1. The van der Waals surface area contributed by atoms with Crippen LogP contribution in [-0.2, 0) is 27.1 Å². The molecule has 2 aliphatic rings. The second-order valence-corrected chi connectivity index (χ2v) is 11.6. The molecule has 0 radical (unpaired) electrons. The van der Waals surface area contributed by atoms with Crippen molar-refractivity contribution in [2.45, 2.75) is 54.1 Å². The number of halogens is 5. The number of hydrogen-bond acceptors (Lipinski definition) is 5. The minimum absolute atomic E-state index is 0.0787. The highest BCUT2D eigenvalue weighted by atomic mass is 32.2. The van der Waals surface area contributed by atoms with Gasteiger partial charge in [0.25, 0.3) is 0 Å². The van der Waals surface area contributed by atoms with Crippen LogP contribution < -0.4 is 0 Å². The third-order valence-corrected chi connectivity index (χ3v) is 9.34. The van der Waals surface area contributed by atoms with E-state index >= 15 is 0 Å². The van der Waals surface area contributed by atoms with Crippen LogP contribution in [-0.4, -0.2) is 48.1 Å². The molecule has 36 heavy (non-hydrogen) atoms. The lowest BCUT2D eigenvalue weighted by atomic mass is 10.2. The minimum Gasteiger partial charge on any atom is -0.376 e. The van der Waals surface area contributed by atoms with E-state index in [-0.39, 0.29) is 16.2 Å². The van der Waals surface area contributed by atoms with Crippen LogP contribution in [0.25, 0.3) is 11.0 Å². The summed E-state index contributed by atoms with van der Waals surface area (Å²) in [5.74, 6) is -10.6. The Morgan fingerprint density at radius 2 is 1.64 bits per heavy atom. The minimum atomic E-state index is -3.70. The molecule has 13 heteroatoms. The summed E-state index contributed by atoms with van der Waals surface area (Å²) in [5.41, 5.74) is -0.0385. The molecule has 5 rings (SSSR count). The van der Waals surface area contributed by atoms with E-state index in [0.29, 0.717) is 37.3 Å². The SMILES string of the molecule is O=S(=O)(c1ccc2c(c1)nc(SCc1c(F)c(F)c(F)c(F)c1F)n2C[C@@H]1CCCO1)N1CCCC1. The van der Waals surface area contributed by atoms with Gasteiger partial charge < -0.3 is 9.30 Å². The van der Waals surface area contributed by atoms with E-state index in [4.69, 9.17) is 4.74 Å². The fourth-order valence-electron chi connectivity index (χ4n) is 4.52. The molecule has 0 aliphatic carbocycles. The third kappa shape index (κ3) is 4.50. The molecule has 2 fully saturated rings. The number of benzene rings is 2. The molecule has 6 nitrogen and oxygen atoms in total. The van der Waals surface area contributed by atoms with Crippen LogP contribution in [0, 0.1) is 29.1 Å². The Morgan fingerprint density at radius 3 is 2.28 bits per heavy atom. The average Bonchev–Trinajstić information content (AvgIpc) is 3.64. The molecule has 0 spiro atoms. The number of aromatic nitrogens is 2. The predicted molar refractivity (Wildman–Crippen MR) is 122 cm³/mol. The summed E-state index contributed by atoms with van der Waals surface area (Å²) in [6.07, 6.45) is 3.07. The van der Waals surface area contributed by atoms with Gasteiger partial charge in [-0.15, -0.1) is 0 Å². The van der Waals surface area contributed by atoms with Gasteiger partial charge in [-0.25, -0.2) is 35.4 Å². The average molecular weight is 548 g/mol. The maximum atomic E-state index is 14.2. The first-order valence-corrected chi connectivity index (χ1v) is 13.9. The molecule has 3 aromatic rings. The van der Waals surface area contributed by atoms with E-state index in [2.05, 4.69) is 4.98 Å². The van der Waals surface area contributed by atoms with Crippen molar-refractivity contribution < 1.29 is 35.1 Å². The van der Waals surface area contributed by atoms with Crippen molar-refractivity contribution in [3.63, 3.8) is 0 Å². The van der Waals surface area contributed by atoms with Crippen LogP contribution in [0.15, 0.2) is 28.3 Å². The largest absolute Gasteiger partial charge is 0.376 e. The fourth-order valence-corrected chi connectivity index (χ4v) is 7.07. The Labute approximate surface area is 208 Å². The van der Waals surface area contributed by atoms with Crippen LogP contribution in [0.1, 0.15) is 31.2 Å². The van der Waals surface area contributed by atoms with Crippen molar-refractivity contribution in [1.82, 2.24) is 13.9 Å². The molecule has 2 aliphatic heterocycles. The number of fused-ring (bicyclic) bond motifs is 1. The summed E-state index contributed by atoms with van der Waals surface area (Å²) < 4.78 is 104. The first-order valence-electron chi connectivity index (χ1n) is 11.4. The monoisotopic (exact) mass is 547 g/mol. The normalized spacial score (nSPS) is 19.1. The van der Waals surface area contributed by atoms with Gasteiger partial charge in [0.2, 0.25) is 15.8 Å². The summed E-state index contributed by atoms with van der Waals surface area (Å²) in [6, 6.07) is 4.54. The maximum absolute atomic E-state index is 14.2. The number of hydrogen-bond donors (Lipinski definition) is 0. The lowest BCUT2D eigenvalue weighted by Crippen LogP contribution is -2.27. The molecule has 0 amide bonds. The summed E-state index contributed by atoms with van der Waals surface area (Å²) in [5, 5.41) is 0.250. The highest BCUT2D eigenvalue weighted by Crippen LogP contribution is 2.33. The molecule has 194 valence electrons. The highest BCUT2D eigenvalue weighted by Gasteiger charge is 2.29. The van der Waals surface area contributed by atoms with Crippen molar-refractivity contribution in [3.8, 4) is 0 Å². The molecule has 2 saturated heterocycles. The summed E-state index contributed by atoms with van der Waals surface area (Å²) in [4.78, 5) is 4.55. The van der Waals surface area contributed by atoms with Crippen LogP contribution in [0.3, 0.4) is 0 Å². The van der Waals surface area contributed by atoms with Gasteiger partial charge in [0.1, 0.15) is 0 Å². The lowest BCUT2D eigenvalue weighted by Gasteiger charge is -2.16. The topological polar surface area (TPSA) is 64.4 Å². The van der Waals surface area contributed by atoms with E-state index in [9.17, 15) is 30.4 Å². The zero-order valence-electron chi connectivity index (χ0n) is 18.9. The van der Waals surface area contributed by atoms with Crippen molar-refractivity contribution in [1.29, 1.82) is 0 Å². The summed E-state index contributed by atoms with van der Waals surface area (Å²) in [6.45, 7) is 1.81. The molecule has 1 aromatic heterocycles. The molecule has 1 atom stereocenters. The van der Waals surface area contributed by atoms with E-state index in [1.165, 1.54) is 16.4 Å². The Morgan fingerprint density at radius 1 is 0.972 bits per heavy atom. The van der Waals surface area contributed by atoms with Crippen molar-refractivity contribution in [3.05, 3.63) is 52.8 Å². The van der Waals surface area contributed by atoms with Crippen LogP contribution >= 0.6 is 11.8 Å². The van der Waals surface area contributed by atoms with Gasteiger partial charge in [0.05, 0.1) is 28.6 Å². The Bertz CT molecular complexity index is 1390. The third-order valence-electron chi connectivity index (χ3n) is 6.44. The number of rotatable bonds is 7. The van der Waals surface area contributed by atoms with Gasteiger partial charge in [-0.2, -0.15) is 4.31 Å². The van der Waals surface area contributed by atoms with Crippen LogP contribution in [0.2, 0.25) is 0 Å². The zero-order valence-corrected chi connectivity index (χ0v) is 20.6. The summed E-state index contributed by atoms with van der Waals surface area (Å²) >= 11 is 0.800. The van der Waals surface area contributed by atoms with Gasteiger partial charge in [-0.3, -0.25) is 0 Å². The molecule has 3 heterocycles. The first kappa shape index (κ1) is 25.4. The highest BCUT2D eigenvalue weighted by molar-refractivity contribution is 7.98. The molecular weight excluding hydrogens is 525 g/mol. The Kier molecular flexibility index (Phi) is 7.01. The number of imidazole rings is 1. The van der Waals surface area contributed by atoms with Gasteiger partial charge in [0.15, 0.2) is 28.4 Å². The predicted octanol–water partition coefficient (Wildman–Crippen LogP) is 4.99. The Balaban J connectivity index is 1.52. The maximum Gasteiger partial charge on any atom is 0.243 e. The molecular formula is C23H22F5N3O3S2. The molecule has 0 bridgehead atoms. The first-order chi connectivity index (χ1) is 17.2. The van der Waals surface area contributed by atoms with E-state index in [0.717, 1.165) is 37.4 Å². The van der Waals surface area contributed by atoms with E-state index < -0.39 is 50.4 Å². The second kappa shape index (κ2) is 9.92. The van der Waals surface area contributed by atoms with Gasteiger partial charge in [-0.1, -0.05) is 11.8 Å². The summed E-state index contributed by atoms with van der Waals surface area (Å²) in [7, 11) is -3.70. The number of nitrogens with zero attached hydrogens (tertiary/aromatic N) is 3. The van der Waals surface area contributed by atoms with Crippen LogP contribution in [0.5, 0.6) is 0 Å². The van der Waals surface area contributed by atoms with Crippen LogP contribution in [0.4, 0.5) is 22.0 Å². The quantitative estimate of drug-likeness (QED) is 0.181. The standard InChI is InChI=1S/C23H22F5N3O3S2/c24-18-15(19(25)21(27)22(28)20(18)26)12-35-23-29-16-10-14(36(32,33)30-7-1-2-8-30)5-6-17(16)31(23)11-13-4-3-9-34-13/h5-6,10,13H,1-4,7-9,11-12H2/t13-/m0/s1.